The van der Waals surface area contributed by atoms with Crippen molar-refractivity contribution in [2.75, 3.05) is 11.9 Å². The Bertz CT molecular complexity index is 952. The molecule has 0 radical (unpaired) electrons. The number of carbonyl (C=O) groups excluding carboxylic acids is 1. The molecule has 0 bridgehead atoms. The van der Waals surface area contributed by atoms with Crippen molar-refractivity contribution in [3.05, 3.63) is 58.6 Å². The van der Waals surface area contributed by atoms with Crippen LogP contribution in [0.1, 0.15) is 19.3 Å². The lowest BCUT2D eigenvalue weighted by Gasteiger charge is -2.33. The molecule has 0 unspecified atom stereocenters. The number of amides is 1. The van der Waals surface area contributed by atoms with Gasteiger partial charge in [0.2, 0.25) is 15.9 Å². The van der Waals surface area contributed by atoms with Crippen LogP contribution in [0, 0.1) is 11.6 Å². The molecule has 0 spiro atoms. The van der Waals surface area contributed by atoms with E-state index in [9.17, 15) is 22.0 Å². The Balaban J connectivity index is 1.86. The molecule has 1 N–H and O–H groups in total. The van der Waals surface area contributed by atoms with Crippen LogP contribution in [0.5, 0.6) is 0 Å². The van der Waals surface area contributed by atoms with Crippen LogP contribution in [-0.4, -0.2) is 31.2 Å². The van der Waals surface area contributed by atoms with Gasteiger partial charge in [-0.05, 0) is 49.2 Å². The topological polar surface area (TPSA) is 66.5 Å². The molecule has 1 amide bonds. The van der Waals surface area contributed by atoms with Gasteiger partial charge in [0.05, 0.1) is 10.6 Å². The smallest absolute Gasteiger partial charge is 0.243 e. The van der Waals surface area contributed by atoms with Crippen LogP contribution in [-0.2, 0) is 14.8 Å². The van der Waals surface area contributed by atoms with Crippen molar-refractivity contribution in [3.8, 4) is 0 Å². The lowest BCUT2D eigenvalue weighted by atomic mass is 10.0. The van der Waals surface area contributed by atoms with Crippen LogP contribution in [0.3, 0.4) is 0 Å². The first kappa shape index (κ1) is 19.9. The summed E-state index contributed by atoms with van der Waals surface area (Å²) in [5, 5.41) is 2.38. The zero-order valence-electron chi connectivity index (χ0n) is 14.2. The average molecular weight is 459 g/mol. The molecule has 1 aliphatic heterocycles. The van der Waals surface area contributed by atoms with Gasteiger partial charge >= 0.3 is 0 Å². The second-order valence-electron chi connectivity index (χ2n) is 6.19. The number of benzene rings is 2. The van der Waals surface area contributed by atoms with Gasteiger partial charge in [0.25, 0.3) is 0 Å². The predicted molar refractivity (Wildman–Crippen MR) is 101 cm³/mol. The van der Waals surface area contributed by atoms with Crippen molar-refractivity contribution in [1.82, 2.24) is 4.31 Å². The van der Waals surface area contributed by atoms with E-state index in [2.05, 4.69) is 21.2 Å². The molecule has 2 aromatic carbocycles. The van der Waals surface area contributed by atoms with Crippen LogP contribution < -0.4 is 5.32 Å². The van der Waals surface area contributed by atoms with Crippen molar-refractivity contribution < 1.29 is 22.0 Å². The Morgan fingerprint density at radius 3 is 2.48 bits per heavy atom. The Labute approximate surface area is 164 Å². The highest BCUT2D eigenvalue weighted by Crippen LogP contribution is 2.27. The van der Waals surface area contributed by atoms with E-state index in [0.29, 0.717) is 25.3 Å². The summed E-state index contributed by atoms with van der Waals surface area (Å²) in [5.74, 6) is -2.31. The number of nitrogens with zero attached hydrogens (tertiary/aromatic N) is 1. The molecule has 0 saturated carbocycles. The minimum Gasteiger partial charge on any atom is -0.322 e. The Morgan fingerprint density at radius 2 is 1.81 bits per heavy atom. The molecule has 1 aliphatic rings. The lowest BCUT2D eigenvalue weighted by molar-refractivity contribution is -0.120. The zero-order valence-corrected chi connectivity index (χ0v) is 16.6. The first-order valence-electron chi connectivity index (χ1n) is 8.32. The Morgan fingerprint density at radius 1 is 1.11 bits per heavy atom. The van der Waals surface area contributed by atoms with E-state index in [-0.39, 0.29) is 17.1 Å². The molecule has 1 atom stereocenters. The van der Waals surface area contributed by atoms with Crippen molar-refractivity contribution in [2.45, 2.75) is 30.2 Å². The third-order valence-electron chi connectivity index (χ3n) is 4.37. The molecule has 27 heavy (non-hydrogen) atoms. The number of carbonyl (C=O) groups is 1. The van der Waals surface area contributed by atoms with E-state index in [1.807, 2.05) is 0 Å². The standard InChI is InChI=1S/C18H17BrF2N2O3S/c19-12-4-7-14(8-5-12)27(25,26)23-10-2-1-3-17(23)18(24)22-16-9-6-13(20)11-15(16)21/h4-9,11,17H,1-3,10H2,(H,22,24)/t17-/m1/s1. The first-order chi connectivity index (χ1) is 12.8. The number of piperidine rings is 1. The van der Waals surface area contributed by atoms with E-state index in [4.69, 9.17) is 0 Å². The number of halogens is 3. The fourth-order valence-corrected chi connectivity index (χ4v) is 4.92. The molecule has 9 heteroatoms. The summed E-state index contributed by atoms with van der Waals surface area (Å²) < 4.78 is 54.7. The van der Waals surface area contributed by atoms with E-state index in [0.717, 1.165) is 20.9 Å². The van der Waals surface area contributed by atoms with Gasteiger partial charge in [-0.3, -0.25) is 4.79 Å². The number of sulfonamides is 1. The molecule has 3 rings (SSSR count). The summed E-state index contributed by atoms with van der Waals surface area (Å²) in [5.41, 5.74) is -0.187. The van der Waals surface area contributed by atoms with E-state index in [1.165, 1.54) is 12.1 Å². The number of nitrogens with one attached hydrogen (secondary N) is 1. The van der Waals surface area contributed by atoms with Crippen molar-refractivity contribution in [2.24, 2.45) is 0 Å². The van der Waals surface area contributed by atoms with E-state index in [1.54, 1.807) is 12.1 Å². The van der Waals surface area contributed by atoms with Crippen LogP contribution >= 0.6 is 15.9 Å². The zero-order chi connectivity index (χ0) is 19.6. The predicted octanol–water partition coefficient (Wildman–Crippen LogP) is 3.91. The van der Waals surface area contributed by atoms with Gasteiger partial charge < -0.3 is 5.32 Å². The summed E-state index contributed by atoms with van der Waals surface area (Å²) in [6, 6.07) is 7.98. The summed E-state index contributed by atoms with van der Waals surface area (Å²) in [6.45, 7) is 0.197. The number of hydrogen-bond donors (Lipinski definition) is 1. The van der Waals surface area contributed by atoms with Crippen LogP contribution in [0.25, 0.3) is 0 Å². The third kappa shape index (κ3) is 4.36. The minimum atomic E-state index is -3.88. The van der Waals surface area contributed by atoms with E-state index < -0.39 is 33.6 Å². The SMILES string of the molecule is O=C(Nc1ccc(F)cc1F)[C@H]1CCCCN1S(=O)(=O)c1ccc(Br)cc1. The van der Waals surface area contributed by atoms with Gasteiger partial charge in [0.1, 0.15) is 17.7 Å². The fraction of sp³-hybridized carbons (Fsp3) is 0.278. The molecule has 1 fully saturated rings. The second-order valence-corrected chi connectivity index (χ2v) is 9.00. The molecule has 1 heterocycles. The second kappa shape index (κ2) is 8.04. The van der Waals surface area contributed by atoms with Crippen LogP contribution in [0.15, 0.2) is 51.8 Å². The fourth-order valence-electron chi connectivity index (χ4n) is 3.00. The largest absolute Gasteiger partial charge is 0.322 e. The molecular weight excluding hydrogens is 442 g/mol. The number of anilines is 1. The van der Waals surface area contributed by atoms with Gasteiger partial charge in [-0.15, -0.1) is 0 Å². The normalized spacial score (nSPS) is 18.3. The van der Waals surface area contributed by atoms with Gasteiger partial charge in [-0.25, -0.2) is 17.2 Å². The lowest BCUT2D eigenvalue weighted by Crippen LogP contribution is -2.49. The summed E-state index contributed by atoms with van der Waals surface area (Å²) in [7, 11) is -3.88. The van der Waals surface area contributed by atoms with Crippen molar-refractivity contribution in [1.29, 1.82) is 0 Å². The van der Waals surface area contributed by atoms with Gasteiger partial charge in [0, 0.05) is 17.1 Å². The highest BCUT2D eigenvalue weighted by molar-refractivity contribution is 9.10. The summed E-state index contributed by atoms with van der Waals surface area (Å²) in [4.78, 5) is 12.7. The monoisotopic (exact) mass is 458 g/mol. The summed E-state index contributed by atoms with van der Waals surface area (Å²) >= 11 is 3.26. The maximum absolute atomic E-state index is 13.8. The van der Waals surface area contributed by atoms with Gasteiger partial charge in [-0.2, -0.15) is 4.31 Å². The Kier molecular flexibility index (Phi) is 5.92. The molecule has 0 aliphatic carbocycles. The van der Waals surface area contributed by atoms with Crippen LogP contribution in [0.4, 0.5) is 14.5 Å². The quantitative estimate of drug-likeness (QED) is 0.754. The first-order valence-corrected chi connectivity index (χ1v) is 10.6. The minimum absolute atomic E-state index is 0.0818. The molecule has 5 nitrogen and oxygen atoms in total. The molecule has 2 aromatic rings. The maximum Gasteiger partial charge on any atom is 0.243 e. The van der Waals surface area contributed by atoms with Gasteiger partial charge in [0.15, 0.2) is 0 Å². The highest BCUT2D eigenvalue weighted by atomic mass is 79.9. The molecule has 144 valence electrons. The van der Waals surface area contributed by atoms with E-state index >= 15 is 0 Å². The van der Waals surface area contributed by atoms with Crippen molar-refractivity contribution in [3.63, 3.8) is 0 Å². The van der Waals surface area contributed by atoms with Gasteiger partial charge in [-0.1, -0.05) is 22.4 Å². The molecule has 1 saturated heterocycles. The van der Waals surface area contributed by atoms with Crippen molar-refractivity contribution >= 4 is 37.5 Å². The average Bonchev–Trinajstić information content (AvgIpc) is 2.64. The highest BCUT2D eigenvalue weighted by Gasteiger charge is 2.37. The number of rotatable bonds is 4. The molecular formula is C18H17BrF2N2O3S. The van der Waals surface area contributed by atoms with Crippen LogP contribution in [0.2, 0.25) is 0 Å². The summed E-state index contributed by atoms with van der Waals surface area (Å²) in [6.07, 6.45) is 1.63. The Hall–Kier alpha value is -1.84. The molecule has 0 aromatic heterocycles. The number of hydrogen-bond acceptors (Lipinski definition) is 3. The third-order valence-corrected chi connectivity index (χ3v) is 6.82. The maximum atomic E-state index is 13.8.